The number of halogens is 3. The summed E-state index contributed by atoms with van der Waals surface area (Å²) in [5.74, 6) is -0.0649. The summed E-state index contributed by atoms with van der Waals surface area (Å²) in [6.07, 6.45) is -3.39. The van der Waals surface area contributed by atoms with E-state index in [1.54, 1.807) is 13.8 Å². The van der Waals surface area contributed by atoms with Crippen molar-refractivity contribution >= 4 is 5.95 Å². The summed E-state index contributed by atoms with van der Waals surface area (Å²) in [4.78, 5) is 7.09. The van der Waals surface area contributed by atoms with Gasteiger partial charge in [-0.05, 0) is 19.9 Å². The van der Waals surface area contributed by atoms with Crippen molar-refractivity contribution < 1.29 is 17.9 Å². The van der Waals surface area contributed by atoms with E-state index in [4.69, 9.17) is 4.74 Å². The number of hydrogen-bond acceptors (Lipinski definition) is 4. The lowest BCUT2D eigenvalue weighted by atomic mass is 10.1. The second-order valence-electron chi connectivity index (χ2n) is 4.08. The molecule has 1 aromatic heterocycles. The van der Waals surface area contributed by atoms with Crippen LogP contribution in [0, 0.1) is 0 Å². The summed E-state index contributed by atoms with van der Waals surface area (Å²) in [5, 5.41) is 2.70. The molecule has 0 saturated carbocycles. The number of rotatable bonds is 4. The summed E-state index contributed by atoms with van der Waals surface area (Å²) in [5.41, 5.74) is -1.47. The van der Waals surface area contributed by atoms with E-state index in [1.165, 1.54) is 7.11 Å². The van der Waals surface area contributed by atoms with Crippen LogP contribution in [0.2, 0.25) is 0 Å². The number of ether oxygens (including phenoxy) is 1. The van der Waals surface area contributed by atoms with Gasteiger partial charge >= 0.3 is 6.18 Å². The van der Waals surface area contributed by atoms with Gasteiger partial charge in [0.2, 0.25) is 5.95 Å². The van der Waals surface area contributed by atoms with E-state index in [1.807, 2.05) is 0 Å². The summed E-state index contributed by atoms with van der Waals surface area (Å²) < 4.78 is 42.2. The first kappa shape index (κ1) is 13.7. The van der Waals surface area contributed by atoms with Gasteiger partial charge in [0.15, 0.2) is 0 Å². The van der Waals surface area contributed by atoms with Crippen molar-refractivity contribution in [2.75, 3.05) is 19.0 Å². The lowest BCUT2D eigenvalue weighted by Gasteiger charge is -2.23. The van der Waals surface area contributed by atoms with Crippen molar-refractivity contribution in [3.8, 4) is 0 Å². The Balaban J connectivity index is 2.74. The molecule has 0 bridgehead atoms. The third-order valence-corrected chi connectivity index (χ3v) is 2.17. The molecule has 7 heteroatoms. The minimum absolute atomic E-state index is 0.0649. The molecule has 4 nitrogen and oxygen atoms in total. The van der Waals surface area contributed by atoms with E-state index in [-0.39, 0.29) is 5.95 Å². The number of anilines is 1. The van der Waals surface area contributed by atoms with Gasteiger partial charge in [0.25, 0.3) is 0 Å². The van der Waals surface area contributed by atoms with E-state index in [0.717, 1.165) is 12.3 Å². The Morgan fingerprint density at radius 3 is 2.53 bits per heavy atom. The smallest absolute Gasteiger partial charge is 0.377 e. The van der Waals surface area contributed by atoms with Crippen molar-refractivity contribution in [2.45, 2.75) is 25.6 Å². The molecule has 0 fully saturated rings. The largest absolute Gasteiger partial charge is 0.433 e. The van der Waals surface area contributed by atoms with Crippen molar-refractivity contribution in [1.29, 1.82) is 0 Å². The lowest BCUT2D eigenvalue weighted by molar-refractivity contribution is -0.141. The zero-order valence-electron chi connectivity index (χ0n) is 9.80. The second-order valence-corrected chi connectivity index (χ2v) is 4.08. The molecular weight excluding hydrogens is 235 g/mol. The highest BCUT2D eigenvalue weighted by Crippen LogP contribution is 2.27. The molecule has 0 aliphatic carbocycles. The number of hydrogen-bond donors (Lipinski definition) is 1. The van der Waals surface area contributed by atoms with Crippen molar-refractivity contribution in [2.24, 2.45) is 0 Å². The molecule has 0 spiro atoms. The predicted molar refractivity (Wildman–Crippen MR) is 56.6 cm³/mol. The van der Waals surface area contributed by atoms with Crippen LogP contribution < -0.4 is 5.32 Å². The van der Waals surface area contributed by atoms with Gasteiger partial charge in [-0.1, -0.05) is 0 Å². The highest BCUT2D eigenvalue weighted by Gasteiger charge is 2.32. The van der Waals surface area contributed by atoms with Crippen LogP contribution in [-0.4, -0.2) is 29.2 Å². The van der Waals surface area contributed by atoms with Crippen LogP contribution in [0.25, 0.3) is 0 Å². The van der Waals surface area contributed by atoms with Gasteiger partial charge in [0, 0.05) is 19.9 Å². The van der Waals surface area contributed by atoms with Gasteiger partial charge in [0.05, 0.1) is 5.60 Å². The Morgan fingerprint density at radius 1 is 1.35 bits per heavy atom. The van der Waals surface area contributed by atoms with E-state index in [9.17, 15) is 13.2 Å². The van der Waals surface area contributed by atoms with Crippen molar-refractivity contribution in [3.63, 3.8) is 0 Å². The zero-order valence-corrected chi connectivity index (χ0v) is 9.80. The Hall–Kier alpha value is -1.37. The highest BCUT2D eigenvalue weighted by atomic mass is 19.4. The maximum absolute atomic E-state index is 12.4. The number of methoxy groups -OCH3 is 1. The third kappa shape index (κ3) is 4.18. The number of nitrogens with one attached hydrogen (secondary N) is 1. The average Bonchev–Trinajstić information content (AvgIpc) is 2.26. The fourth-order valence-corrected chi connectivity index (χ4v) is 0.966. The first-order valence-corrected chi connectivity index (χ1v) is 4.94. The molecule has 1 N–H and O–H groups in total. The first-order chi connectivity index (χ1) is 7.74. The maximum atomic E-state index is 12.4. The average molecular weight is 249 g/mol. The summed E-state index contributed by atoms with van der Waals surface area (Å²) in [6.45, 7) is 3.91. The lowest BCUT2D eigenvalue weighted by Crippen LogP contribution is -2.32. The maximum Gasteiger partial charge on any atom is 0.433 e. The van der Waals surface area contributed by atoms with Crippen molar-refractivity contribution in [1.82, 2.24) is 9.97 Å². The van der Waals surface area contributed by atoms with E-state index in [2.05, 4.69) is 15.3 Å². The van der Waals surface area contributed by atoms with E-state index in [0.29, 0.717) is 6.54 Å². The fraction of sp³-hybridized carbons (Fsp3) is 0.600. The fourth-order valence-electron chi connectivity index (χ4n) is 0.966. The Labute approximate surface area is 97.2 Å². The minimum atomic E-state index is -4.46. The summed E-state index contributed by atoms with van der Waals surface area (Å²) in [7, 11) is 1.52. The molecule has 0 saturated heterocycles. The molecule has 1 aromatic rings. The van der Waals surface area contributed by atoms with Crippen LogP contribution in [0.3, 0.4) is 0 Å². The SMILES string of the molecule is COC(C)(C)CNc1nccc(C(F)(F)F)n1. The summed E-state index contributed by atoms with van der Waals surface area (Å²) in [6, 6.07) is 0.826. The van der Waals surface area contributed by atoms with Gasteiger partial charge in [-0.25, -0.2) is 9.97 Å². The molecule has 0 radical (unpaired) electrons. The van der Waals surface area contributed by atoms with Crippen LogP contribution in [0.4, 0.5) is 19.1 Å². The molecular formula is C10H14F3N3O. The molecule has 1 heterocycles. The summed E-state index contributed by atoms with van der Waals surface area (Å²) >= 11 is 0. The van der Waals surface area contributed by atoms with Crippen molar-refractivity contribution in [3.05, 3.63) is 18.0 Å². The normalized spacial score (nSPS) is 12.6. The standard InChI is InChI=1S/C10H14F3N3O/c1-9(2,17-3)6-15-8-14-5-4-7(16-8)10(11,12)13/h4-5H,6H2,1-3H3,(H,14,15,16). The monoisotopic (exact) mass is 249 g/mol. The molecule has 1 rings (SSSR count). The van der Waals surface area contributed by atoms with Crippen LogP contribution >= 0.6 is 0 Å². The van der Waals surface area contributed by atoms with Crippen LogP contribution in [-0.2, 0) is 10.9 Å². The Morgan fingerprint density at radius 2 is 2.00 bits per heavy atom. The highest BCUT2D eigenvalue weighted by molar-refractivity contribution is 5.26. The molecule has 96 valence electrons. The molecule has 0 amide bonds. The Bertz CT molecular complexity index is 379. The minimum Gasteiger partial charge on any atom is -0.377 e. The Kier molecular flexibility index (Phi) is 3.92. The molecule has 0 atom stereocenters. The van der Waals surface area contributed by atoms with Gasteiger partial charge in [-0.3, -0.25) is 0 Å². The van der Waals surface area contributed by atoms with Gasteiger partial charge in [-0.15, -0.1) is 0 Å². The van der Waals surface area contributed by atoms with E-state index >= 15 is 0 Å². The first-order valence-electron chi connectivity index (χ1n) is 4.94. The number of nitrogens with zero attached hydrogens (tertiary/aromatic N) is 2. The molecule has 0 aliphatic rings. The molecule has 0 aliphatic heterocycles. The van der Waals surface area contributed by atoms with Crippen LogP contribution in [0.15, 0.2) is 12.3 Å². The van der Waals surface area contributed by atoms with E-state index < -0.39 is 17.5 Å². The van der Waals surface area contributed by atoms with Gasteiger partial charge in [0.1, 0.15) is 5.69 Å². The predicted octanol–water partition coefficient (Wildman–Crippen LogP) is 2.33. The van der Waals surface area contributed by atoms with Gasteiger partial charge < -0.3 is 10.1 Å². The zero-order chi connectivity index (χ0) is 13.1. The molecule has 17 heavy (non-hydrogen) atoms. The van der Waals surface area contributed by atoms with Gasteiger partial charge in [-0.2, -0.15) is 13.2 Å². The van der Waals surface area contributed by atoms with Crippen LogP contribution in [0.1, 0.15) is 19.5 Å². The number of alkyl halides is 3. The molecule has 0 unspecified atom stereocenters. The topological polar surface area (TPSA) is 47.0 Å². The second kappa shape index (κ2) is 4.87. The quantitative estimate of drug-likeness (QED) is 0.889. The van der Waals surface area contributed by atoms with Crippen LogP contribution in [0.5, 0.6) is 0 Å². The molecule has 0 aromatic carbocycles. The number of aromatic nitrogens is 2. The third-order valence-electron chi connectivity index (χ3n) is 2.17.